The number of rotatable bonds is 3. The first kappa shape index (κ1) is 17.9. The predicted molar refractivity (Wildman–Crippen MR) is 113 cm³/mol. The van der Waals surface area contributed by atoms with Crippen molar-refractivity contribution in [2.45, 2.75) is 20.8 Å². The molecule has 4 rings (SSSR count). The summed E-state index contributed by atoms with van der Waals surface area (Å²) in [6.07, 6.45) is 0. The average molecular weight is 367 g/mol. The van der Waals surface area contributed by atoms with Gasteiger partial charge in [-0.25, -0.2) is 9.78 Å². The lowest BCUT2D eigenvalue weighted by atomic mass is 10.0. The van der Waals surface area contributed by atoms with E-state index in [9.17, 15) is 4.79 Å². The molecule has 0 aliphatic rings. The molecule has 0 spiro atoms. The molecule has 0 atom stereocenters. The summed E-state index contributed by atoms with van der Waals surface area (Å²) in [5.74, 6) is 0.212. The van der Waals surface area contributed by atoms with E-state index in [1.54, 1.807) is 0 Å². The largest absolute Gasteiger partial charge is 0.423 e. The number of fused-ring (bicyclic) bond motifs is 1. The Labute approximate surface area is 164 Å². The summed E-state index contributed by atoms with van der Waals surface area (Å²) >= 11 is 0. The van der Waals surface area contributed by atoms with E-state index >= 15 is 0 Å². The number of hydrogen-bond donors (Lipinski definition) is 0. The normalized spacial score (nSPS) is 10.8. The highest BCUT2D eigenvalue weighted by Crippen LogP contribution is 2.27. The number of hydrogen-bond acceptors (Lipinski definition) is 3. The van der Waals surface area contributed by atoms with Crippen LogP contribution in [0.1, 0.15) is 27.0 Å². The maximum absolute atomic E-state index is 13.1. The lowest BCUT2D eigenvalue weighted by Crippen LogP contribution is -2.11. The van der Waals surface area contributed by atoms with Crippen LogP contribution in [-0.2, 0) is 0 Å². The zero-order chi connectivity index (χ0) is 19.7. The molecule has 3 heteroatoms. The summed E-state index contributed by atoms with van der Waals surface area (Å²) in [6.45, 7) is 6.01. The number of benzene rings is 3. The van der Waals surface area contributed by atoms with Crippen LogP contribution in [0.25, 0.3) is 22.2 Å². The Morgan fingerprint density at radius 3 is 2.39 bits per heavy atom. The van der Waals surface area contributed by atoms with Gasteiger partial charge in [-0.2, -0.15) is 0 Å². The van der Waals surface area contributed by atoms with Crippen molar-refractivity contribution < 1.29 is 9.53 Å². The Morgan fingerprint density at radius 2 is 1.61 bits per heavy atom. The highest BCUT2D eigenvalue weighted by atomic mass is 16.5. The minimum atomic E-state index is -0.374. The van der Waals surface area contributed by atoms with Crippen LogP contribution in [-0.4, -0.2) is 11.0 Å². The summed E-state index contributed by atoms with van der Waals surface area (Å²) in [5, 5.41) is 0.786. The van der Waals surface area contributed by atoms with Crippen molar-refractivity contribution in [3.8, 4) is 17.0 Å². The van der Waals surface area contributed by atoms with Crippen LogP contribution >= 0.6 is 0 Å². The van der Waals surface area contributed by atoms with Gasteiger partial charge < -0.3 is 4.74 Å². The molecule has 0 bridgehead atoms. The van der Waals surface area contributed by atoms with Gasteiger partial charge >= 0.3 is 5.97 Å². The molecular weight excluding hydrogens is 346 g/mol. The molecule has 0 unspecified atom stereocenters. The van der Waals surface area contributed by atoms with Gasteiger partial charge in [0.05, 0.1) is 16.8 Å². The number of pyridine rings is 1. The smallest absolute Gasteiger partial charge is 0.344 e. The van der Waals surface area contributed by atoms with Gasteiger partial charge in [-0.05, 0) is 50.1 Å². The van der Waals surface area contributed by atoms with Crippen LogP contribution in [0, 0.1) is 20.8 Å². The first-order valence-corrected chi connectivity index (χ1v) is 9.28. The van der Waals surface area contributed by atoms with Crippen molar-refractivity contribution in [2.75, 3.05) is 0 Å². The maximum atomic E-state index is 13.1. The molecule has 1 heterocycles. The van der Waals surface area contributed by atoms with Gasteiger partial charge in [0.1, 0.15) is 5.75 Å². The van der Waals surface area contributed by atoms with Crippen molar-refractivity contribution in [1.29, 1.82) is 0 Å². The fourth-order valence-corrected chi connectivity index (χ4v) is 3.21. The molecule has 0 fully saturated rings. The van der Waals surface area contributed by atoms with Gasteiger partial charge in [0, 0.05) is 10.9 Å². The molecule has 138 valence electrons. The van der Waals surface area contributed by atoms with E-state index < -0.39 is 0 Å². The number of nitrogens with zero attached hydrogens (tertiary/aromatic N) is 1. The summed E-state index contributed by atoms with van der Waals surface area (Å²) in [7, 11) is 0. The Bertz CT molecular complexity index is 1180. The van der Waals surface area contributed by atoms with Crippen molar-refractivity contribution in [1.82, 2.24) is 4.98 Å². The minimum absolute atomic E-state index is 0.374. The van der Waals surface area contributed by atoms with Crippen LogP contribution in [0.4, 0.5) is 0 Å². The summed E-state index contributed by atoms with van der Waals surface area (Å²) < 4.78 is 5.76. The number of aryl methyl sites for hydroxylation is 2. The topological polar surface area (TPSA) is 39.2 Å². The molecule has 0 amide bonds. The number of aromatic nitrogens is 1. The van der Waals surface area contributed by atoms with Crippen LogP contribution < -0.4 is 4.74 Å². The second-order valence-corrected chi connectivity index (χ2v) is 7.03. The van der Waals surface area contributed by atoms with E-state index in [0.29, 0.717) is 11.3 Å². The van der Waals surface area contributed by atoms with Crippen molar-refractivity contribution in [3.63, 3.8) is 0 Å². The van der Waals surface area contributed by atoms with E-state index in [1.807, 2.05) is 93.6 Å². The molecule has 1 aromatic heterocycles. The highest BCUT2D eigenvalue weighted by Gasteiger charge is 2.17. The fraction of sp³-hybridized carbons (Fsp3) is 0.120. The standard InChI is InChI=1S/C25H21NO2/c1-16-11-13-19(14-12-16)23-15-21(20-8-4-5-9-22(20)26-23)25(27)28-24-10-6-7-17(2)18(24)3/h4-15H,1-3H3. The van der Waals surface area contributed by atoms with Crippen molar-refractivity contribution >= 4 is 16.9 Å². The van der Waals surface area contributed by atoms with Gasteiger partial charge in [0.25, 0.3) is 0 Å². The first-order chi connectivity index (χ1) is 13.5. The Kier molecular flexibility index (Phi) is 4.66. The summed E-state index contributed by atoms with van der Waals surface area (Å²) in [6, 6.07) is 23.3. The quantitative estimate of drug-likeness (QED) is 0.327. The molecule has 4 aromatic rings. The average Bonchev–Trinajstić information content (AvgIpc) is 2.71. The Hall–Kier alpha value is -3.46. The summed E-state index contributed by atoms with van der Waals surface area (Å²) in [5.41, 5.74) is 6.25. The molecule has 0 aliphatic carbocycles. The molecule has 28 heavy (non-hydrogen) atoms. The number of carbonyl (C=O) groups excluding carboxylic acids is 1. The molecule has 0 saturated carbocycles. The molecule has 0 aliphatic heterocycles. The van der Waals surface area contributed by atoms with Crippen LogP contribution in [0.2, 0.25) is 0 Å². The Balaban J connectivity index is 1.81. The van der Waals surface area contributed by atoms with E-state index in [0.717, 1.165) is 33.3 Å². The zero-order valence-corrected chi connectivity index (χ0v) is 16.2. The number of para-hydroxylation sites is 1. The SMILES string of the molecule is Cc1ccc(-c2cc(C(=O)Oc3cccc(C)c3C)c3ccccc3n2)cc1. The lowest BCUT2D eigenvalue weighted by Gasteiger charge is -2.12. The van der Waals surface area contributed by atoms with Crippen LogP contribution in [0.3, 0.4) is 0 Å². The number of carbonyl (C=O) groups is 1. The Morgan fingerprint density at radius 1 is 0.857 bits per heavy atom. The molecule has 0 saturated heterocycles. The van der Waals surface area contributed by atoms with Gasteiger partial charge in [0.15, 0.2) is 0 Å². The maximum Gasteiger partial charge on any atom is 0.344 e. The predicted octanol–water partition coefficient (Wildman–Crippen LogP) is 6.05. The van der Waals surface area contributed by atoms with Crippen LogP contribution in [0.5, 0.6) is 5.75 Å². The van der Waals surface area contributed by atoms with Gasteiger partial charge in [0.2, 0.25) is 0 Å². The number of ether oxygens (including phenoxy) is 1. The lowest BCUT2D eigenvalue weighted by molar-refractivity contribution is 0.0735. The molecule has 3 aromatic carbocycles. The first-order valence-electron chi connectivity index (χ1n) is 9.28. The van der Waals surface area contributed by atoms with Crippen LogP contribution in [0.15, 0.2) is 72.8 Å². The van der Waals surface area contributed by atoms with Gasteiger partial charge in [-0.1, -0.05) is 60.2 Å². The fourth-order valence-electron chi connectivity index (χ4n) is 3.21. The van der Waals surface area contributed by atoms with E-state index in [2.05, 4.69) is 0 Å². The third-order valence-electron chi connectivity index (χ3n) is 5.04. The third-order valence-corrected chi connectivity index (χ3v) is 5.04. The highest BCUT2D eigenvalue weighted by molar-refractivity contribution is 6.05. The van der Waals surface area contributed by atoms with Crippen molar-refractivity contribution in [2.24, 2.45) is 0 Å². The van der Waals surface area contributed by atoms with Gasteiger partial charge in [-0.3, -0.25) is 0 Å². The summed E-state index contributed by atoms with van der Waals surface area (Å²) in [4.78, 5) is 17.8. The molecule has 3 nitrogen and oxygen atoms in total. The third kappa shape index (κ3) is 3.39. The van der Waals surface area contributed by atoms with Gasteiger partial charge in [-0.15, -0.1) is 0 Å². The molecule has 0 N–H and O–H groups in total. The van der Waals surface area contributed by atoms with E-state index in [1.165, 1.54) is 5.56 Å². The minimum Gasteiger partial charge on any atom is -0.423 e. The monoisotopic (exact) mass is 367 g/mol. The van der Waals surface area contributed by atoms with E-state index in [-0.39, 0.29) is 5.97 Å². The van der Waals surface area contributed by atoms with E-state index in [4.69, 9.17) is 9.72 Å². The molecular formula is C25H21NO2. The zero-order valence-electron chi connectivity index (χ0n) is 16.2. The molecule has 0 radical (unpaired) electrons. The van der Waals surface area contributed by atoms with Crippen molar-refractivity contribution in [3.05, 3.63) is 95.1 Å². The number of esters is 1. The second kappa shape index (κ2) is 7.28. The second-order valence-electron chi connectivity index (χ2n) is 7.03.